The molecule has 122 valence electrons. The molecule has 0 spiro atoms. The molecule has 0 saturated heterocycles. The molecule has 0 aliphatic rings. The van der Waals surface area contributed by atoms with Crippen LogP contribution in [0.4, 0.5) is 0 Å². The van der Waals surface area contributed by atoms with E-state index in [1.807, 2.05) is 30.3 Å². The minimum Gasteiger partial charge on any atom is -0.481 e. The first-order chi connectivity index (χ1) is 10.5. The molecule has 2 unspecified atom stereocenters. The van der Waals surface area contributed by atoms with Crippen molar-refractivity contribution in [3.8, 4) is 0 Å². The molecule has 0 heterocycles. The molecule has 1 aromatic rings. The zero-order chi connectivity index (χ0) is 16.4. The van der Waals surface area contributed by atoms with Crippen LogP contribution in [0.5, 0.6) is 0 Å². The van der Waals surface area contributed by atoms with Gasteiger partial charge in [-0.05, 0) is 24.3 Å². The predicted octanol–water partition coefficient (Wildman–Crippen LogP) is 3.41. The van der Waals surface area contributed by atoms with Gasteiger partial charge < -0.3 is 10.4 Å². The van der Waals surface area contributed by atoms with E-state index in [9.17, 15) is 9.59 Å². The van der Waals surface area contributed by atoms with Crippen LogP contribution >= 0.6 is 0 Å². The first kappa shape index (κ1) is 18.2. The van der Waals surface area contributed by atoms with Crippen LogP contribution < -0.4 is 5.32 Å². The summed E-state index contributed by atoms with van der Waals surface area (Å²) in [5.41, 5.74) is 1.11. The molecule has 0 aliphatic carbocycles. The summed E-state index contributed by atoms with van der Waals surface area (Å²) in [5, 5.41) is 11.9. The minimum atomic E-state index is -0.827. The number of carboxylic acids is 1. The zero-order valence-corrected chi connectivity index (χ0v) is 13.5. The fourth-order valence-electron chi connectivity index (χ4n) is 2.62. The summed E-state index contributed by atoms with van der Waals surface area (Å²) in [4.78, 5) is 22.9. The Hall–Kier alpha value is -1.84. The lowest BCUT2D eigenvalue weighted by Crippen LogP contribution is -2.37. The maximum Gasteiger partial charge on any atom is 0.303 e. The molecule has 0 radical (unpaired) electrons. The number of carbonyl (C=O) groups is 2. The standard InChI is InChI=1S/C18H27NO3/c1-3-7-14(2)12-17(20)19-16(10-11-18(21)22)13-15-8-5-4-6-9-15/h4-6,8-9,14,16H,3,7,10-13H2,1-2H3,(H,19,20)(H,21,22). The lowest BCUT2D eigenvalue weighted by molar-refractivity contribution is -0.137. The number of nitrogens with one attached hydrogen (secondary N) is 1. The highest BCUT2D eigenvalue weighted by atomic mass is 16.4. The molecule has 1 amide bonds. The van der Waals surface area contributed by atoms with E-state index in [1.165, 1.54) is 0 Å². The van der Waals surface area contributed by atoms with Crippen molar-refractivity contribution >= 4 is 11.9 Å². The van der Waals surface area contributed by atoms with Gasteiger partial charge in [0.25, 0.3) is 0 Å². The van der Waals surface area contributed by atoms with E-state index in [0.29, 0.717) is 25.2 Å². The van der Waals surface area contributed by atoms with Gasteiger partial charge in [-0.25, -0.2) is 0 Å². The number of carbonyl (C=O) groups excluding carboxylic acids is 1. The minimum absolute atomic E-state index is 0.0206. The summed E-state index contributed by atoms with van der Waals surface area (Å²) in [5.74, 6) is -0.444. The lowest BCUT2D eigenvalue weighted by Gasteiger charge is -2.19. The zero-order valence-electron chi connectivity index (χ0n) is 13.5. The fraction of sp³-hybridized carbons (Fsp3) is 0.556. The summed E-state index contributed by atoms with van der Waals surface area (Å²) < 4.78 is 0. The van der Waals surface area contributed by atoms with Crippen molar-refractivity contribution in [1.82, 2.24) is 5.32 Å². The number of hydrogen-bond donors (Lipinski definition) is 2. The number of carboxylic acid groups (broad SMARTS) is 1. The van der Waals surface area contributed by atoms with Crippen LogP contribution in [0.25, 0.3) is 0 Å². The highest BCUT2D eigenvalue weighted by molar-refractivity contribution is 5.76. The van der Waals surface area contributed by atoms with Crippen LogP contribution in [-0.2, 0) is 16.0 Å². The van der Waals surface area contributed by atoms with Crippen molar-refractivity contribution in [2.45, 2.75) is 58.4 Å². The number of rotatable bonds is 10. The third kappa shape index (κ3) is 7.81. The van der Waals surface area contributed by atoms with Crippen molar-refractivity contribution < 1.29 is 14.7 Å². The van der Waals surface area contributed by atoms with E-state index in [2.05, 4.69) is 19.2 Å². The van der Waals surface area contributed by atoms with Crippen LogP contribution in [0.15, 0.2) is 30.3 Å². The number of benzene rings is 1. The largest absolute Gasteiger partial charge is 0.481 e. The average molecular weight is 305 g/mol. The molecule has 4 heteroatoms. The molecule has 0 fully saturated rings. The van der Waals surface area contributed by atoms with Crippen LogP contribution in [-0.4, -0.2) is 23.0 Å². The van der Waals surface area contributed by atoms with Gasteiger partial charge in [-0.2, -0.15) is 0 Å². The molecule has 0 saturated carbocycles. The molecule has 2 atom stereocenters. The average Bonchev–Trinajstić information content (AvgIpc) is 2.46. The Labute approximate surface area is 132 Å². The molecule has 1 rings (SSSR count). The summed E-state index contributed by atoms with van der Waals surface area (Å²) in [6.07, 6.45) is 3.81. The topological polar surface area (TPSA) is 66.4 Å². The molecule has 0 bridgehead atoms. The van der Waals surface area contributed by atoms with Gasteiger partial charge in [-0.3, -0.25) is 9.59 Å². The second kappa shape index (κ2) is 9.98. The fourth-order valence-corrected chi connectivity index (χ4v) is 2.62. The van der Waals surface area contributed by atoms with Gasteiger partial charge in [0, 0.05) is 18.9 Å². The number of hydrogen-bond acceptors (Lipinski definition) is 2. The smallest absolute Gasteiger partial charge is 0.303 e. The summed E-state index contributed by atoms with van der Waals surface area (Å²) in [6, 6.07) is 9.73. The molecule has 4 nitrogen and oxygen atoms in total. The SMILES string of the molecule is CCCC(C)CC(=O)NC(CCC(=O)O)Cc1ccccc1. The van der Waals surface area contributed by atoms with Crippen molar-refractivity contribution in [3.63, 3.8) is 0 Å². The monoisotopic (exact) mass is 305 g/mol. The molecule has 0 aromatic heterocycles. The van der Waals surface area contributed by atoms with Crippen LogP contribution in [0, 0.1) is 5.92 Å². The van der Waals surface area contributed by atoms with Gasteiger partial charge >= 0.3 is 5.97 Å². The Morgan fingerprint density at radius 2 is 1.86 bits per heavy atom. The van der Waals surface area contributed by atoms with Crippen LogP contribution in [0.1, 0.15) is 51.5 Å². The Morgan fingerprint density at radius 1 is 1.18 bits per heavy atom. The van der Waals surface area contributed by atoms with Gasteiger partial charge in [0.2, 0.25) is 5.91 Å². The van der Waals surface area contributed by atoms with Gasteiger partial charge in [-0.15, -0.1) is 0 Å². The van der Waals surface area contributed by atoms with Gasteiger partial charge in [0.15, 0.2) is 0 Å². The first-order valence-electron chi connectivity index (χ1n) is 8.06. The number of aliphatic carboxylic acids is 1. The lowest BCUT2D eigenvalue weighted by atomic mass is 9.99. The van der Waals surface area contributed by atoms with Gasteiger partial charge in [0.1, 0.15) is 0 Å². The molecule has 1 aromatic carbocycles. The van der Waals surface area contributed by atoms with E-state index in [4.69, 9.17) is 5.11 Å². The Bertz CT molecular complexity index is 459. The highest BCUT2D eigenvalue weighted by Gasteiger charge is 2.16. The third-order valence-corrected chi connectivity index (χ3v) is 3.71. The Balaban J connectivity index is 2.57. The maximum absolute atomic E-state index is 12.1. The second-order valence-electron chi connectivity index (χ2n) is 5.98. The molecular formula is C18H27NO3. The molecule has 22 heavy (non-hydrogen) atoms. The van der Waals surface area contributed by atoms with Crippen LogP contribution in [0.3, 0.4) is 0 Å². The van der Waals surface area contributed by atoms with Crippen molar-refractivity contribution in [3.05, 3.63) is 35.9 Å². The highest BCUT2D eigenvalue weighted by Crippen LogP contribution is 2.12. The van der Waals surface area contributed by atoms with E-state index < -0.39 is 5.97 Å². The van der Waals surface area contributed by atoms with Crippen molar-refractivity contribution in [2.75, 3.05) is 0 Å². The normalized spacial score (nSPS) is 13.4. The molecule has 0 aliphatic heterocycles. The van der Waals surface area contributed by atoms with E-state index >= 15 is 0 Å². The van der Waals surface area contributed by atoms with Gasteiger partial charge in [-0.1, -0.05) is 57.0 Å². The molecular weight excluding hydrogens is 278 g/mol. The molecule has 2 N–H and O–H groups in total. The number of amides is 1. The second-order valence-corrected chi connectivity index (χ2v) is 5.98. The summed E-state index contributed by atoms with van der Waals surface area (Å²) >= 11 is 0. The summed E-state index contributed by atoms with van der Waals surface area (Å²) in [7, 11) is 0. The maximum atomic E-state index is 12.1. The summed E-state index contributed by atoms with van der Waals surface area (Å²) in [6.45, 7) is 4.19. The van der Waals surface area contributed by atoms with Crippen molar-refractivity contribution in [1.29, 1.82) is 0 Å². The van der Waals surface area contributed by atoms with E-state index in [-0.39, 0.29) is 18.4 Å². The van der Waals surface area contributed by atoms with Crippen molar-refractivity contribution in [2.24, 2.45) is 5.92 Å². The van der Waals surface area contributed by atoms with E-state index in [1.54, 1.807) is 0 Å². The van der Waals surface area contributed by atoms with E-state index in [0.717, 1.165) is 18.4 Å². The van der Waals surface area contributed by atoms with Crippen LogP contribution in [0.2, 0.25) is 0 Å². The quantitative estimate of drug-likeness (QED) is 0.696. The van der Waals surface area contributed by atoms with Gasteiger partial charge in [0.05, 0.1) is 0 Å². The first-order valence-corrected chi connectivity index (χ1v) is 8.06. The Morgan fingerprint density at radius 3 is 2.45 bits per heavy atom. The third-order valence-electron chi connectivity index (χ3n) is 3.71. The Kier molecular flexibility index (Phi) is 8.26. The predicted molar refractivity (Wildman–Crippen MR) is 87.6 cm³/mol.